The van der Waals surface area contributed by atoms with Crippen molar-refractivity contribution in [2.75, 3.05) is 18.9 Å². The van der Waals surface area contributed by atoms with Crippen molar-refractivity contribution in [1.29, 1.82) is 0 Å². The predicted octanol–water partition coefficient (Wildman–Crippen LogP) is 6.75. The van der Waals surface area contributed by atoms with Crippen LogP contribution in [-0.2, 0) is 23.0 Å². The molecule has 0 bridgehead atoms. The molecule has 2 heterocycles. The second kappa shape index (κ2) is 14.7. The van der Waals surface area contributed by atoms with Gasteiger partial charge in [0, 0.05) is 40.2 Å². The van der Waals surface area contributed by atoms with E-state index in [4.69, 9.17) is 27.9 Å². The minimum absolute atomic E-state index is 0.127. The monoisotopic (exact) mass is 694 g/mol. The highest BCUT2D eigenvalue weighted by molar-refractivity contribution is 7.90. The molecule has 0 aliphatic rings. The normalized spacial score (nSPS) is 11.5. The number of nitrogens with one attached hydrogen (secondary N) is 3. The van der Waals surface area contributed by atoms with E-state index in [2.05, 4.69) is 15.0 Å². The molecule has 0 aliphatic heterocycles. The predicted molar refractivity (Wildman–Crippen MR) is 186 cm³/mol. The lowest BCUT2D eigenvalue weighted by atomic mass is 10.1. The van der Waals surface area contributed by atoms with Gasteiger partial charge in [-0.3, -0.25) is 9.59 Å². The molecule has 2 aromatic heterocycles. The number of H-pyrrole nitrogens is 1. The third-order valence-corrected chi connectivity index (χ3v) is 9.82. The van der Waals surface area contributed by atoms with E-state index in [9.17, 15) is 18.0 Å². The summed E-state index contributed by atoms with van der Waals surface area (Å²) in [6, 6.07) is 20.4. The van der Waals surface area contributed by atoms with E-state index < -0.39 is 27.6 Å². The second-order valence-corrected chi connectivity index (χ2v) is 14.2. The van der Waals surface area contributed by atoms with Crippen molar-refractivity contribution in [3.05, 3.63) is 122 Å². The number of amides is 2. The smallest absolute Gasteiger partial charge is 0.281 e. The number of hydrogen-bond acceptors (Lipinski definition) is 5. The van der Waals surface area contributed by atoms with Crippen molar-refractivity contribution in [2.45, 2.75) is 40.2 Å². The summed E-state index contributed by atoms with van der Waals surface area (Å²) in [6.07, 6.45) is 2.79. The minimum Gasteiger partial charge on any atom is -0.494 e. The van der Waals surface area contributed by atoms with Gasteiger partial charge >= 0.3 is 0 Å². The Hall–Kier alpha value is -4.25. The van der Waals surface area contributed by atoms with Crippen molar-refractivity contribution in [3.8, 4) is 5.75 Å². The molecule has 5 aromatic rings. The van der Waals surface area contributed by atoms with Crippen molar-refractivity contribution >= 4 is 55.9 Å². The lowest BCUT2D eigenvalue weighted by Gasteiger charge is -2.12. The van der Waals surface area contributed by atoms with E-state index in [-0.39, 0.29) is 12.2 Å². The summed E-state index contributed by atoms with van der Waals surface area (Å²) in [4.78, 5) is 29.3. The summed E-state index contributed by atoms with van der Waals surface area (Å²) in [6.45, 7) is 6.51. The summed E-state index contributed by atoms with van der Waals surface area (Å²) < 4.78 is 35.8. The molecule has 12 heteroatoms. The molecule has 9 nitrogen and oxygen atoms in total. The lowest BCUT2D eigenvalue weighted by molar-refractivity contribution is 0.0946. The first kappa shape index (κ1) is 34.1. The van der Waals surface area contributed by atoms with Crippen LogP contribution in [0.15, 0.2) is 72.9 Å². The molecular formula is C35H36Cl2N4O5S. The summed E-state index contributed by atoms with van der Waals surface area (Å²) in [5, 5.41) is 4.59. The number of ether oxygens (including phenoxy) is 1. The van der Waals surface area contributed by atoms with Gasteiger partial charge in [-0.05, 0) is 92.3 Å². The number of aryl methyl sites for hydroxylation is 4. The first-order valence-electron chi connectivity index (χ1n) is 15.1. The molecule has 0 fully saturated rings. The number of benzene rings is 3. The lowest BCUT2D eigenvalue weighted by Crippen LogP contribution is -2.38. The first-order chi connectivity index (χ1) is 22.4. The van der Waals surface area contributed by atoms with Crippen LogP contribution in [0.3, 0.4) is 0 Å². The molecule has 0 spiro atoms. The Balaban J connectivity index is 1.20. The Bertz CT molecular complexity index is 2030. The molecule has 2 amide bonds. The highest BCUT2D eigenvalue weighted by atomic mass is 35.5. The average Bonchev–Trinajstić information content (AvgIpc) is 3.62. The van der Waals surface area contributed by atoms with Gasteiger partial charge in [0.25, 0.3) is 11.8 Å². The number of hydrogen-bond donors (Lipinski definition) is 3. The molecule has 47 heavy (non-hydrogen) atoms. The molecule has 0 radical (unpaired) electrons. The van der Waals surface area contributed by atoms with Crippen LogP contribution < -0.4 is 14.8 Å². The summed E-state index contributed by atoms with van der Waals surface area (Å²) in [5.74, 6) is -0.996. The fourth-order valence-electron chi connectivity index (χ4n) is 5.51. The number of nitrogens with zero attached hydrogens (tertiary/aromatic N) is 1. The Morgan fingerprint density at radius 1 is 0.936 bits per heavy atom. The van der Waals surface area contributed by atoms with Crippen LogP contribution in [0.25, 0.3) is 10.9 Å². The minimum atomic E-state index is -4.09. The van der Waals surface area contributed by atoms with E-state index in [0.29, 0.717) is 58.6 Å². The fraction of sp³-hybridized carbons (Fsp3) is 0.257. The molecule has 0 aliphatic carbocycles. The molecule has 246 valence electrons. The summed E-state index contributed by atoms with van der Waals surface area (Å²) in [7, 11) is -4.09. The highest BCUT2D eigenvalue weighted by Crippen LogP contribution is 2.28. The third-order valence-electron chi connectivity index (χ3n) is 7.75. The number of carbonyl (C=O) groups is 2. The number of rotatable bonds is 13. The van der Waals surface area contributed by atoms with E-state index in [0.717, 1.165) is 27.6 Å². The van der Waals surface area contributed by atoms with Gasteiger partial charge in [0.15, 0.2) is 0 Å². The van der Waals surface area contributed by atoms with Crippen LogP contribution in [0.4, 0.5) is 0 Å². The zero-order valence-corrected chi connectivity index (χ0v) is 28.7. The Kier molecular flexibility index (Phi) is 10.6. The molecule has 5 rings (SSSR count). The van der Waals surface area contributed by atoms with E-state index in [1.165, 1.54) is 0 Å². The van der Waals surface area contributed by atoms with Crippen LogP contribution in [0.2, 0.25) is 10.0 Å². The maximum absolute atomic E-state index is 13.3. The maximum atomic E-state index is 13.3. The number of aromatic nitrogens is 2. The van der Waals surface area contributed by atoms with Crippen LogP contribution in [0, 0.1) is 20.8 Å². The number of sulfonamides is 1. The number of halogens is 2. The van der Waals surface area contributed by atoms with Crippen LogP contribution in [-0.4, -0.2) is 48.7 Å². The van der Waals surface area contributed by atoms with Gasteiger partial charge in [-0.25, -0.2) is 13.1 Å². The average molecular weight is 696 g/mol. The molecule has 0 saturated carbocycles. The highest BCUT2D eigenvalue weighted by Gasteiger charge is 2.23. The Morgan fingerprint density at radius 3 is 2.45 bits per heavy atom. The van der Waals surface area contributed by atoms with Crippen LogP contribution >= 0.6 is 23.2 Å². The van der Waals surface area contributed by atoms with Crippen molar-refractivity contribution in [2.24, 2.45) is 0 Å². The van der Waals surface area contributed by atoms with Crippen molar-refractivity contribution in [1.82, 2.24) is 19.6 Å². The van der Waals surface area contributed by atoms with E-state index in [1.54, 1.807) is 41.1 Å². The zero-order valence-electron chi connectivity index (χ0n) is 26.3. The number of carbonyl (C=O) groups excluding carboxylic acids is 2. The molecule has 0 unspecified atom stereocenters. The van der Waals surface area contributed by atoms with Crippen molar-refractivity contribution < 1.29 is 22.7 Å². The second-order valence-electron chi connectivity index (χ2n) is 11.5. The maximum Gasteiger partial charge on any atom is 0.281 e. The molecule has 3 N–H and O–H groups in total. The van der Waals surface area contributed by atoms with Crippen LogP contribution in [0.1, 0.15) is 55.2 Å². The van der Waals surface area contributed by atoms with Gasteiger partial charge in [-0.1, -0.05) is 59.1 Å². The first-order valence-corrected chi connectivity index (χ1v) is 17.5. The van der Waals surface area contributed by atoms with Gasteiger partial charge in [0.05, 0.1) is 12.4 Å². The summed E-state index contributed by atoms with van der Waals surface area (Å²) in [5.41, 5.74) is 5.79. The standard InChI is InChI=1S/C35H36Cl2N4O5S/c1-22-7-4-8-25(17-22)21-41-14-5-10-31(41)34(42)38-13-16-47(44,45)40-35(43)33-29(28-12-11-26(36)20-30(28)39-33)9-6-15-46-27-18-23(2)32(37)24(3)19-27/h4-5,7-8,10-12,14,17-20,39H,6,9,13,15-16,21H2,1-3H3,(H,38,42)(H,40,43). The van der Waals surface area contributed by atoms with Gasteiger partial charge in [0.1, 0.15) is 17.1 Å². The SMILES string of the molecule is Cc1cccc(Cn2cccc2C(=O)NCCS(=O)(=O)NC(=O)c2[nH]c3cc(Cl)ccc3c2CCCOc2cc(C)c(Cl)c(C)c2)c1. The van der Waals surface area contributed by atoms with Gasteiger partial charge in [-0.2, -0.15) is 0 Å². The molecule has 0 atom stereocenters. The third kappa shape index (κ3) is 8.57. The molecule has 0 saturated heterocycles. The van der Waals surface area contributed by atoms with Gasteiger partial charge in [0.2, 0.25) is 10.0 Å². The topological polar surface area (TPSA) is 122 Å². The van der Waals surface area contributed by atoms with E-state index in [1.807, 2.05) is 57.2 Å². The number of fused-ring (bicyclic) bond motifs is 1. The van der Waals surface area contributed by atoms with Gasteiger partial charge < -0.3 is 19.6 Å². The number of aromatic amines is 1. The molecular weight excluding hydrogens is 659 g/mol. The Labute approximate surface area is 284 Å². The molecule has 3 aromatic carbocycles. The fourth-order valence-corrected chi connectivity index (χ4v) is 6.65. The van der Waals surface area contributed by atoms with E-state index >= 15 is 0 Å². The van der Waals surface area contributed by atoms with Gasteiger partial charge in [-0.15, -0.1) is 0 Å². The quantitative estimate of drug-likeness (QED) is 0.118. The van der Waals surface area contributed by atoms with Crippen molar-refractivity contribution in [3.63, 3.8) is 0 Å². The summed E-state index contributed by atoms with van der Waals surface area (Å²) >= 11 is 12.5. The van der Waals surface area contributed by atoms with Crippen LogP contribution in [0.5, 0.6) is 5.75 Å². The largest absolute Gasteiger partial charge is 0.494 e. The zero-order chi connectivity index (χ0) is 33.7. The Morgan fingerprint density at radius 2 is 1.70 bits per heavy atom.